The molecular weight excluding hydrogens is 508 g/mol. The highest BCUT2D eigenvalue weighted by Crippen LogP contribution is 2.55. The number of nitrogens with one attached hydrogen (secondary N) is 1. The van der Waals surface area contributed by atoms with E-state index in [1.165, 1.54) is 17.7 Å². The van der Waals surface area contributed by atoms with Crippen molar-refractivity contribution < 1.29 is 41.9 Å². The fraction of sp³-hybridized carbons (Fsp3) is 0.647. The maximum absolute atomic E-state index is 13.5. The van der Waals surface area contributed by atoms with Crippen molar-refractivity contribution in [2.75, 3.05) is 24.9 Å². The van der Waals surface area contributed by atoms with E-state index in [2.05, 4.69) is 15.4 Å². The molecule has 1 saturated carbocycles. The largest absolute Gasteiger partial charge is 0.379 e. The van der Waals surface area contributed by atoms with Gasteiger partial charge in [-0.15, -0.1) is 0 Å². The number of aromatic nitrogens is 3. The highest BCUT2D eigenvalue weighted by atomic mass is 35.5. The minimum atomic E-state index is -4.72. The predicted molar refractivity (Wildman–Crippen MR) is 116 cm³/mol. The van der Waals surface area contributed by atoms with E-state index in [4.69, 9.17) is 30.6 Å². The summed E-state index contributed by atoms with van der Waals surface area (Å²) in [5, 5.41) is 7.43. The number of halogens is 3. The zero-order chi connectivity index (χ0) is 24.4. The molecule has 2 heterocycles. The molecule has 2 aromatic heterocycles. The fourth-order valence-electron chi connectivity index (χ4n) is 3.61. The Morgan fingerprint density at radius 1 is 1.39 bits per heavy atom. The normalized spacial score (nSPS) is 21.2. The van der Waals surface area contributed by atoms with E-state index in [1.54, 1.807) is 6.20 Å². The first kappa shape index (κ1) is 26.4. The number of rotatable bonds is 11. The lowest BCUT2D eigenvalue weighted by molar-refractivity contribution is 0.00852. The molecule has 33 heavy (non-hydrogen) atoms. The molecule has 2 aromatic rings. The summed E-state index contributed by atoms with van der Waals surface area (Å²) in [6.07, 6.45) is 1.38. The van der Waals surface area contributed by atoms with Gasteiger partial charge in [-0.05, 0) is 19.3 Å². The first-order valence-electron chi connectivity index (χ1n) is 9.98. The number of alkyl halides is 2. The predicted octanol–water partition coefficient (Wildman–Crippen LogP) is 3.27. The van der Waals surface area contributed by atoms with Crippen LogP contribution >= 0.6 is 26.8 Å². The van der Waals surface area contributed by atoms with E-state index in [0.29, 0.717) is 36.3 Å². The average Bonchev–Trinajstić information content (AvgIpc) is 3.22. The number of hydrogen-bond acceptors (Lipinski definition) is 7. The van der Waals surface area contributed by atoms with Gasteiger partial charge in [-0.1, -0.05) is 11.6 Å². The van der Waals surface area contributed by atoms with Crippen LogP contribution in [0.25, 0.3) is 5.65 Å². The van der Waals surface area contributed by atoms with Crippen LogP contribution in [0.3, 0.4) is 0 Å². The maximum atomic E-state index is 13.5. The second-order valence-corrected chi connectivity index (χ2v) is 12.3. The van der Waals surface area contributed by atoms with Crippen molar-refractivity contribution in [1.82, 2.24) is 14.6 Å². The van der Waals surface area contributed by atoms with Gasteiger partial charge in [0, 0.05) is 32.1 Å². The van der Waals surface area contributed by atoms with Crippen molar-refractivity contribution in [2.24, 2.45) is 0 Å². The molecule has 11 nitrogen and oxygen atoms in total. The molecule has 4 N–H and O–H groups in total. The molecule has 2 unspecified atom stereocenters. The molecule has 16 heteroatoms. The van der Waals surface area contributed by atoms with Crippen molar-refractivity contribution in [1.29, 1.82) is 0 Å². The Morgan fingerprint density at radius 2 is 2.12 bits per heavy atom. The Hall–Kier alpha value is -1.17. The van der Waals surface area contributed by atoms with Gasteiger partial charge in [0.05, 0.1) is 30.3 Å². The third kappa shape index (κ3) is 7.66. The highest BCUT2D eigenvalue weighted by molar-refractivity contribution is 7.70. The van der Waals surface area contributed by atoms with Crippen LogP contribution in [-0.4, -0.2) is 67.0 Å². The highest BCUT2D eigenvalue weighted by Gasteiger charge is 2.39. The SMILES string of the molecule is CO[C@@H](CCc1cnc2c(NC3CCC(F)(F)C3)cc(Cl)nn12)COP(=O)(O)CP(=O)(O)O. The van der Waals surface area contributed by atoms with Gasteiger partial charge >= 0.3 is 15.2 Å². The molecule has 1 fully saturated rings. The number of nitrogens with zero attached hydrogens (tertiary/aromatic N) is 3. The molecule has 0 aliphatic heterocycles. The van der Waals surface area contributed by atoms with E-state index in [9.17, 15) is 22.8 Å². The molecular formula is C17H25ClF2N4O7P2. The van der Waals surface area contributed by atoms with Crippen molar-refractivity contribution in [2.45, 2.75) is 50.2 Å². The molecule has 0 saturated heterocycles. The van der Waals surface area contributed by atoms with Gasteiger partial charge in [-0.2, -0.15) is 5.10 Å². The molecule has 1 aliphatic rings. The third-order valence-corrected chi connectivity index (χ3v) is 8.79. The van der Waals surface area contributed by atoms with Gasteiger partial charge in [-0.3, -0.25) is 9.13 Å². The quantitative estimate of drug-likeness (QED) is 0.317. The maximum Gasteiger partial charge on any atom is 0.340 e. The Kier molecular flexibility index (Phi) is 8.18. The second-order valence-electron chi connectivity index (χ2n) is 7.94. The Labute approximate surface area is 193 Å². The first-order chi connectivity index (χ1) is 15.3. The van der Waals surface area contributed by atoms with Crippen LogP contribution in [0.4, 0.5) is 14.5 Å². The number of aryl methyl sites for hydroxylation is 1. The van der Waals surface area contributed by atoms with Gasteiger partial charge in [0.15, 0.2) is 16.7 Å². The van der Waals surface area contributed by atoms with Gasteiger partial charge in [-0.25, -0.2) is 18.3 Å². The van der Waals surface area contributed by atoms with Crippen LogP contribution < -0.4 is 5.32 Å². The summed E-state index contributed by atoms with van der Waals surface area (Å²) < 4.78 is 61.3. The van der Waals surface area contributed by atoms with E-state index >= 15 is 0 Å². The Balaban J connectivity index is 1.66. The summed E-state index contributed by atoms with van der Waals surface area (Å²) in [4.78, 5) is 31.6. The Morgan fingerprint density at radius 3 is 2.73 bits per heavy atom. The van der Waals surface area contributed by atoms with E-state index in [1.807, 2.05) is 0 Å². The van der Waals surface area contributed by atoms with Gasteiger partial charge in [0.25, 0.3) is 0 Å². The number of imidazole rings is 1. The lowest BCUT2D eigenvalue weighted by atomic mass is 10.2. The molecule has 0 aromatic carbocycles. The molecule has 0 bridgehead atoms. The van der Waals surface area contributed by atoms with Crippen molar-refractivity contribution >= 4 is 38.1 Å². The summed E-state index contributed by atoms with van der Waals surface area (Å²) in [6.45, 7) is -0.363. The van der Waals surface area contributed by atoms with Crippen molar-refractivity contribution in [3.63, 3.8) is 0 Å². The monoisotopic (exact) mass is 532 g/mol. The molecule has 3 atom stereocenters. The first-order valence-corrected chi connectivity index (χ1v) is 13.9. The zero-order valence-corrected chi connectivity index (χ0v) is 20.1. The minimum absolute atomic E-state index is 0.138. The summed E-state index contributed by atoms with van der Waals surface area (Å²) in [6, 6.07) is 1.11. The van der Waals surface area contributed by atoms with E-state index in [0.717, 1.165) is 0 Å². The number of fused-ring (bicyclic) bond motifs is 1. The van der Waals surface area contributed by atoms with E-state index in [-0.39, 0.29) is 24.6 Å². The molecule has 0 spiro atoms. The van der Waals surface area contributed by atoms with Crippen LogP contribution in [0, 0.1) is 0 Å². The number of ether oxygens (including phenoxy) is 1. The summed E-state index contributed by atoms with van der Waals surface area (Å²) in [7, 11) is -7.85. The Bertz CT molecular complexity index is 1080. The molecule has 3 rings (SSSR count). The van der Waals surface area contributed by atoms with E-state index < -0.39 is 39.2 Å². The van der Waals surface area contributed by atoms with Crippen LogP contribution in [-0.2, 0) is 24.8 Å². The molecule has 186 valence electrons. The summed E-state index contributed by atoms with van der Waals surface area (Å²) in [5.41, 5.74) is 1.52. The van der Waals surface area contributed by atoms with Crippen LogP contribution in [0.1, 0.15) is 31.4 Å². The van der Waals surface area contributed by atoms with Gasteiger partial charge < -0.3 is 29.3 Å². The number of anilines is 1. The zero-order valence-electron chi connectivity index (χ0n) is 17.6. The summed E-state index contributed by atoms with van der Waals surface area (Å²) >= 11 is 6.12. The van der Waals surface area contributed by atoms with Crippen molar-refractivity contribution in [3.05, 3.63) is 23.1 Å². The second kappa shape index (κ2) is 10.2. The number of methoxy groups -OCH3 is 1. The lowest BCUT2D eigenvalue weighted by Crippen LogP contribution is -2.20. The van der Waals surface area contributed by atoms with Gasteiger partial charge in [0.2, 0.25) is 5.92 Å². The van der Waals surface area contributed by atoms with Crippen molar-refractivity contribution in [3.8, 4) is 0 Å². The fourth-order valence-corrected chi connectivity index (χ4v) is 6.38. The molecule has 0 amide bonds. The average molecular weight is 533 g/mol. The third-order valence-electron chi connectivity index (χ3n) is 5.15. The van der Waals surface area contributed by atoms with Gasteiger partial charge in [0.1, 0.15) is 0 Å². The minimum Gasteiger partial charge on any atom is -0.379 e. The topological polar surface area (TPSA) is 156 Å². The van der Waals surface area contributed by atoms with Crippen LogP contribution in [0.2, 0.25) is 5.15 Å². The lowest BCUT2D eigenvalue weighted by Gasteiger charge is -2.18. The molecule has 1 aliphatic carbocycles. The molecule has 0 radical (unpaired) electrons. The number of hydrogen-bond donors (Lipinski definition) is 4. The summed E-state index contributed by atoms with van der Waals surface area (Å²) in [5.74, 6) is -3.98. The van der Waals surface area contributed by atoms with Crippen LogP contribution in [0.5, 0.6) is 0 Å². The standard InChI is InChI=1S/C17H25ClF2N4O7P2/c1-30-13(9-31-33(28,29)10-32(25,26)27)3-2-12-8-21-16-14(6-15(18)23-24(12)16)22-11-4-5-17(19,20)7-11/h6,8,11,13,22H,2-5,7,9-10H2,1H3,(H,28,29)(H2,25,26,27)/t11?,13-/m0/s1. The van der Waals surface area contributed by atoms with Crippen LogP contribution in [0.15, 0.2) is 12.3 Å². The smallest absolute Gasteiger partial charge is 0.340 e.